The summed E-state index contributed by atoms with van der Waals surface area (Å²) in [5.74, 6) is 0.220. The first-order valence-electron chi connectivity index (χ1n) is 6.83. The molecule has 1 aromatic rings. The maximum absolute atomic E-state index is 12.1. The molecule has 4 heteroatoms. The number of hydrogen-bond acceptors (Lipinski definition) is 3. The molecule has 0 bridgehead atoms. The van der Waals surface area contributed by atoms with Crippen molar-refractivity contribution in [2.75, 3.05) is 13.6 Å². The lowest BCUT2D eigenvalue weighted by Crippen LogP contribution is -2.28. The van der Waals surface area contributed by atoms with Crippen molar-refractivity contribution in [2.45, 2.75) is 46.6 Å². The van der Waals surface area contributed by atoms with Crippen LogP contribution in [0.25, 0.3) is 0 Å². The molecule has 0 aliphatic carbocycles. The molecule has 108 valence electrons. The van der Waals surface area contributed by atoms with Gasteiger partial charge in [0, 0.05) is 18.3 Å². The van der Waals surface area contributed by atoms with Crippen LogP contribution < -0.4 is 5.73 Å². The normalized spacial score (nSPS) is 11.6. The Kier molecular flexibility index (Phi) is 6.01. The van der Waals surface area contributed by atoms with E-state index in [0.29, 0.717) is 13.0 Å². The molecule has 1 aromatic heterocycles. The van der Waals surface area contributed by atoms with Crippen LogP contribution in [0.1, 0.15) is 43.6 Å². The van der Waals surface area contributed by atoms with Crippen molar-refractivity contribution in [3.63, 3.8) is 0 Å². The van der Waals surface area contributed by atoms with Crippen LogP contribution in [0.4, 0.5) is 0 Å². The first-order valence-corrected chi connectivity index (χ1v) is 7.71. The fraction of sp³-hybridized carbons (Fsp3) is 0.667. The molecule has 0 saturated heterocycles. The SMILES string of the molecule is Cc1ccsc1CN(C)C(=O)CCC(C)(C)CCN. The second kappa shape index (κ2) is 7.06. The Morgan fingerprint density at radius 3 is 2.63 bits per heavy atom. The Hall–Kier alpha value is -0.870. The lowest BCUT2D eigenvalue weighted by molar-refractivity contribution is -0.131. The summed E-state index contributed by atoms with van der Waals surface area (Å²) in [5, 5.41) is 2.08. The lowest BCUT2D eigenvalue weighted by atomic mass is 9.84. The van der Waals surface area contributed by atoms with E-state index >= 15 is 0 Å². The van der Waals surface area contributed by atoms with Crippen LogP contribution in [0, 0.1) is 12.3 Å². The van der Waals surface area contributed by atoms with Crippen LogP contribution in [0.3, 0.4) is 0 Å². The number of carbonyl (C=O) groups is 1. The van der Waals surface area contributed by atoms with E-state index in [1.165, 1.54) is 10.4 Å². The number of nitrogens with zero attached hydrogens (tertiary/aromatic N) is 1. The molecule has 19 heavy (non-hydrogen) atoms. The van der Waals surface area contributed by atoms with E-state index in [2.05, 4.69) is 32.2 Å². The van der Waals surface area contributed by atoms with Crippen LogP contribution >= 0.6 is 11.3 Å². The highest BCUT2D eigenvalue weighted by Crippen LogP contribution is 2.26. The molecular formula is C15H26N2OS. The summed E-state index contributed by atoms with van der Waals surface area (Å²) in [5.41, 5.74) is 7.02. The van der Waals surface area contributed by atoms with E-state index in [0.717, 1.165) is 19.4 Å². The molecule has 1 heterocycles. The second-order valence-electron chi connectivity index (χ2n) is 5.98. The summed E-state index contributed by atoms with van der Waals surface area (Å²) in [4.78, 5) is 15.2. The molecule has 0 unspecified atom stereocenters. The van der Waals surface area contributed by atoms with Crippen molar-refractivity contribution in [1.29, 1.82) is 0 Å². The minimum absolute atomic E-state index is 0.157. The molecule has 0 fully saturated rings. The van der Waals surface area contributed by atoms with Gasteiger partial charge in [0.15, 0.2) is 0 Å². The van der Waals surface area contributed by atoms with Crippen molar-refractivity contribution >= 4 is 17.2 Å². The Labute approximate surface area is 120 Å². The van der Waals surface area contributed by atoms with Crippen molar-refractivity contribution in [1.82, 2.24) is 4.90 Å². The van der Waals surface area contributed by atoms with E-state index in [9.17, 15) is 4.79 Å². The number of aryl methyl sites for hydroxylation is 1. The van der Waals surface area contributed by atoms with Gasteiger partial charge in [-0.2, -0.15) is 0 Å². The maximum atomic E-state index is 12.1. The minimum atomic E-state index is 0.157. The predicted octanol–water partition coefficient (Wildman–Crippen LogP) is 3.17. The largest absolute Gasteiger partial charge is 0.341 e. The molecule has 0 aliphatic rings. The third-order valence-electron chi connectivity index (χ3n) is 3.61. The van der Waals surface area contributed by atoms with Gasteiger partial charge in [0.2, 0.25) is 5.91 Å². The number of carbonyl (C=O) groups excluding carboxylic acids is 1. The molecule has 0 aliphatic heterocycles. The third-order valence-corrected chi connectivity index (χ3v) is 4.62. The van der Waals surface area contributed by atoms with Crippen molar-refractivity contribution in [3.05, 3.63) is 21.9 Å². The van der Waals surface area contributed by atoms with Crippen LogP contribution in [0.5, 0.6) is 0 Å². The van der Waals surface area contributed by atoms with Gasteiger partial charge in [-0.05, 0) is 48.7 Å². The quantitative estimate of drug-likeness (QED) is 0.835. The zero-order valence-electron chi connectivity index (χ0n) is 12.5. The molecule has 0 atom stereocenters. The fourth-order valence-electron chi connectivity index (χ4n) is 2.02. The number of nitrogens with two attached hydrogens (primary N) is 1. The van der Waals surface area contributed by atoms with E-state index < -0.39 is 0 Å². The fourth-order valence-corrected chi connectivity index (χ4v) is 2.98. The monoisotopic (exact) mass is 282 g/mol. The van der Waals surface area contributed by atoms with E-state index in [1.807, 2.05) is 11.9 Å². The van der Waals surface area contributed by atoms with Gasteiger partial charge in [-0.15, -0.1) is 11.3 Å². The molecule has 1 rings (SSSR count). The average molecular weight is 282 g/mol. The molecule has 0 radical (unpaired) electrons. The van der Waals surface area contributed by atoms with Crippen LogP contribution in [0.2, 0.25) is 0 Å². The third kappa shape index (κ3) is 5.33. The standard InChI is InChI=1S/C15H26N2OS/c1-12-6-10-19-13(12)11-17(4)14(18)5-7-15(2,3)8-9-16/h6,10H,5,7-9,11,16H2,1-4H3. The summed E-state index contributed by atoms with van der Waals surface area (Å²) in [6.07, 6.45) is 2.47. The van der Waals surface area contributed by atoms with Crippen molar-refractivity contribution in [2.24, 2.45) is 11.1 Å². The number of thiophene rings is 1. The summed E-state index contributed by atoms with van der Waals surface area (Å²) >= 11 is 1.72. The first kappa shape index (κ1) is 16.2. The smallest absolute Gasteiger partial charge is 0.222 e. The van der Waals surface area contributed by atoms with Gasteiger partial charge in [-0.1, -0.05) is 13.8 Å². The highest BCUT2D eigenvalue weighted by atomic mass is 32.1. The number of amides is 1. The van der Waals surface area contributed by atoms with E-state index in [4.69, 9.17) is 5.73 Å². The number of hydrogen-bond donors (Lipinski definition) is 1. The van der Waals surface area contributed by atoms with Gasteiger partial charge in [-0.25, -0.2) is 0 Å². The average Bonchev–Trinajstić information content (AvgIpc) is 2.72. The van der Waals surface area contributed by atoms with Crippen molar-refractivity contribution < 1.29 is 4.79 Å². The van der Waals surface area contributed by atoms with Crippen molar-refractivity contribution in [3.8, 4) is 0 Å². The summed E-state index contributed by atoms with van der Waals surface area (Å²) in [7, 11) is 1.89. The molecule has 0 spiro atoms. The summed E-state index contributed by atoms with van der Waals surface area (Å²) in [6.45, 7) is 7.85. The van der Waals surface area contributed by atoms with Gasteiger partial charge in [0.1, 0.15) is 0 Å². The molecular weight excluding hydrogens is 256 g/mol. The highest BCUT2D eigenvalue weighted by molar-refractivity contribution is 7.10. The van der Waals surface area contributed by atoms with E-state index in [1.54, 1.807) is 11.3 Å². The van der Waals surface area contributed by atoms with Gasteiger partial charge < -0.3 is 10.6 Å². The molecule has 0 aromatic carbocycles. The van der Waals surface area contributed by atoms with Crippen LogP contribution in [0.15, 0.2) is 11.4 Å². The minimum Gasteiger partial charge on any atom is -0.341 e. The van der Waals surface area contributed by atoms with Gasteiger partial charge in [-0.3, -0.25) is 4.79 Å². The first-order chi connectivity index (χ1) is 8.85. The Balaban J connectivity index is 2.43. The van der Waals surface area contributed by atoms with Gasteiger partial charge >= 0.3 is 0 Å². The van der Waals surface area contributed by atoms with Crippen LogP contribution in [-0.2, 0) is 11.3 Å². The summed E-state index contributed by atoms with van der Waals surface area (Å²) < 4.78 is 0. The van der Waals surface area contributed by atoms with Gasteiger partial charge in [0.05, 0.1) is 6.54 Å². The molecule has 0 saturated carbocycles. The Bertz CT molecular complexity index is 412. The molecule has 2 N–H and O–H groups in total. The molecule has 1 amide bonds. The van der Waals surface area contributed by atoms with E-state index in [-0.39, 0.29) is 11.3 Å². The highest BCUT2D eigenvalue weighted by Gasteiger charge is 2.20. The lowest BCUT2D eigenvalue weighted by Gasteiger charge is -2.25. The Morgan fingerprint density at radius 1 is 1.42 bits per heavy atom. The molecule has 3 nitrogen and oxygen atoms in total. The zero-order chi connectivity index (χ0) is 14.5. The predicted molar refractivity (Wildman–Crippen MR) is 82.2 cm³/mol. The number of rotatable bonds is 7. The zero-order valence-corrected chi connectivity index (χ0v) is 13.3. The maximum Gasteiger partial charge on any atom is 0.222 e. The Morgan fingerprint density at radius 2 is 2.11 bits per heavy atom. The van der Waals surface area contributed by atoms with Crippen LogP contribution in [-0.4, -0.2) is 24.4 Å². The summed E-state index contributed by atoms with van der Waals surface area (Å²) in [6, 6.07) is 2.10. The topological polar surface area (TPSA) is 46.3 Å². The van der Waals surface area contributed by atoms with Gasteiger partial charge in [0.25, 0.3) is 0 Å². The second-order valence-corrected chi connectivity index (χ2v) is 6.98.